The van der Waals surface area contributed by atoms with Gasteiger partial charge in [0.2, 0.25) is 0 Å². The molecule has 0 saturated heterocycles. The third-order valence-electron chi connectivity index (χ3n) is 2.95. The van der Waals surface area contributed by atoms with Crippen molar-refractivity contribution in [3.8, 4) is 0 Å². The first-order valence-electron chi connectivity index (χ1n) is 5.83. The maximum absolute atomic E-state index is 13.8. The van der Waals surface area contributed by atoms with Crippen LogP contribution in [0.3, 0.4) is 0 Å². The molecule has 0 aliphatic rings. The molecule has 0 aromatic heterocycles. The van der Waals surface area contributed by atoms with Crippen molar-refractivity contribution in [1.29, 1.82) is 0 Å². The van der Waals surface area contributed by atoms with E-state index in [1.54, 1.807) is 6.07 Å². The molecule has 2 aromatic rings. The van der Waals surface area contributed by atoms with E-state index in [2.05, 4.69) is 15.9 Å². The van der Waals surface area contributed by atoms with Gasteiger partial charge in [0.15, 0.2) is 0 Å². The van der Waals surface area contributed by atoms with Crippen LogP contribution in [0.15, 0.2) is 46.9 Å². The molecule has 1 nitrogen and oxygen atoms in total. The molecule has 0 heterocycles. The molecule has 2 rings (SSSR count). The number of halogens is 2. The largest absolute Gasteiger partial charge is 0.324 e. The Bertz CT molecular complexity index is 554. The second-order valence-electron chi connectivity index (χ2n) is 4.43. The fourth-order valence-electron chi connectivity index (χ4n) is 1.94. The van der Waals surface area contributed by atoms with Gasteiger partial charge in [0.05, 0.1) is 0 Å². The molecule has 1 unspecified atom stereocenters. The minimum atomic E-state index is -0.329. The van der Waals surface area contributed by atoms with Crippen LogP contribution in [0, 0.1) is 12.7 Å². The van der Waals surface area contributed by atoms with Crippen LogP contribution in [-0.2, 0) is 6.42 Å². The lowest BCUT2D eigenvalue weighted by atomic mass is 9.98. The molecule has 18 heavy (non-hydrogen) atoms. The zero-order chi connectivity index (χ0) is 13.1. The Labute approximate surface area is 115 Å². The average molecular weight is 308 g/mol. The lowest BCUT2D eigenvalue weighted by Crippen LogP contribution is -2.15. The first-order chi connectivity index (χ1) is 8.58. The number of rotatable bonds is 3. The smallest absolute Gasteiger partial charge is 0.128 e. The molecule has 0 saturated carbocycles. The Balaban J connectivity index is 2.22. The van der Waals surface area contributed by atoms with Crippen molar-refractivity contribution in [1.82, 2.24) is 0 Å². The number of hydrogen-bond donors (Lipinski definition) is 1. The minimum absolute atomic E-state index is 0.227. The van der Waals surface area contributed by atoms with Gasteiger partial charge in [-0.15, -0.1) is 0 Å². The molecule has 0 fully saturated rings. The Morgan fingerprint density at radius 2 is 1.94 bits per heavy atom. The molecule has 0 aliphatic carbocycles. The zero-order valence-electron chi connectivity index (χ0n) is 10.2. The minimum Gasteiger partial charge on any atom is -0.324 e. The van der Waals surface area contributed by atoms with Crippen LogP contribution in [-0.4, -0.2) is 0 Å². The van der Waals surface area contributed by atoms with Gasteiger partial charge in [-0.2, -0.15) is 0 Å². The van der Waals surface area contributed by atoms with Crippen molar-refractivity contribution in [3.63, 3.8) is 0 Å². The second-order valence-corrected chi connectivity index (χ2v) is 5.28. The van der Waals surface area contributed by atoms with E-state index >= 15 is 0 Å². The summed E-state index contributed by atoms with van der Waals surface area (Å²) in [4.78, 5) is 0. The molecular weight excluding hydrogens is 293 g/mol. The number of nitrogens with two attached hydrogens (primary N) is 1. The normalized spacial score (nSPS) is 12.4. The van der Waals surface area contributed by atoms with E-state index in [4.69, 9.17) is 5.73 Å². The van der Waals surface area contributed by atoms with Crippen LogP contribution in [0.4, 0.5) is 4.39 Å². The first kappa shape index (κ1) is 13.2. The molecular formula is C15H15BrFN. The molecule has 3 heteroatoms. The van der Waals surface area contributed by atoms with Crippen LogP contribution in [0.2, 0.25) is 0 Å². The van der Waals surface area contributed by atoms with Crippen LogP contribution in [0.25, 0.3) is 0 Å². The molecule has 94 valence electrons. The lowest BCUT2D eigenvalue weighted by molar-refractivity contribution is 0.579. The highest BCUT2D eigenvalue weighted by Crippen LogP contribution is 2.24. The number of hydrogen-bond acceptors (Lipinski definition) is 1. The highest BCUT2D eigenvalue weighted by molar-refractivity contribution is 9.10. The molecule has 1 atom stereocenters. The van der Waals surface area contributed by atoms with Crippen molar-refractivity contribution < 1.29 is 4.39 Å². The van der Waals surface area contributed by atoms with Crippen LogP contribution >= 0.6 is 15.9 Å². The molecule has 0 amide bonds. The molecule has 2 N–H and O–H groups in total. The predicted molar refractivity (Wildman–Crippen MR) is 75.9 cm³/mol. The van der Waals surface area contributed by atoms with Crippen LogP contribution in [0.5, 0.6) is 0 Å². The van der Waals surface area contributed by atoms with Gasteiger partial charge in [-0.3, -0.25) is 0 Å². The molecule has 0 aliphatic heterocycles. The van der Waals surface area contributed by atoms with Crippen molar-refractivity contribution in [2.45, 2.75) is 19.4 Å². The van der Waals surface area contributed by atoms with Crippen molar-refractivity contribution in [2.24, 2.45) is 5.73 Å². The van der Waals surface area contributed by atoms with E-state index in [-0.39, 0.29) is 11.9 Å². The maximum atomic E-state index is 13.8. The summed E-state index contributed by atoms with van der Waals surface area (Å²) >= 11 is 3.48. The van der Waals surface area contributed by atoms with E-state index in [9.17, 15) is 4.39 Å². The Morgan fingerprint density at radius 3 is 2.61 bits per heavy atom. The van der Waals surface area contributed by atoms with E-state index in [1.807, 2.05) is 37.3 Å². The quantitative estimate of drug-likeness (QED) is 0.906. The molecule has 0 radical (unpaired) electrons. The van der Waals surface area contributed by atoms with E-state index in [1.165, 1.54) is 6.07 Å². The summed E-state index contributed by atoms with van der Waals surface area (Å²) < 4.78 is 14.8. The van der Waals surface area contributed by atoms with Gasteiger partial charge in [0.1, 0.15) is 5.82 Å². The number of benzene rings is 2. The summed E-state index contributed by atoms with van der Waals surface area (Å²) in [6.07, 6.45) is 0.613. The standard InChI is InChI=1S/C15H15BrFN/c1-10-6-7-12(14(17)8-10)15(18)9-11-4-2-3-5-13(11)16/h2-8,15H,9,18H2,1H3. The molecule has 2 aromatic carbocycles. The monoisotopic (exact) mass is 307 g/mol. The van der Waals surface area contributed by atoms with E-state index < -0.39 is 0 Å². The SMILES string of the molecule is Cc1ccc(C(N)Cc2ccccc2Br)c(F)c1. The summed E-state index contributed by atoms with van der Waals surface area (Å²) in [6.45, 7) is 1.87. The third kappa shape index (κ3) is 2.98. The van der Waals surface area contributed by atoms with Gasteiger partial charge in [0, 0.05) is 16.1 Å². The zero-order valence-corrected chi connectivity index (χ0v) is 11.7. The molecule has 0 bridgehead atoms. The van der Waals surface area contributed by atoms with Gasteiger partial charge >= 0.3 is 0 Å². The van der Waals surface area contributed by atoms with Crippen LogP contribution in [0.1, 0.15) is 22.7 Å². The lowest BCUT2D eigenvalue weighted by Gasteiger charge is -2.14. The summed E-state index contributed by atoms with van der Waals surface area (Å²) in [5.74, 6) is -0.227. The first-order valence-corrected chi connectivity index (χ1v) is 6.62. The highest BCUT2D eigenvalue weighted by Gasteiger charge is 2.13. The average Bonchev–Trinajstić information content (AvgIpc) is 2.32. The third-order valence-corrected chi connectivity index (χ3v) is 3.73. The molecule has 0 spiro atoms. The Hall–Kier alpha value is -1.19. The highest BCUT2D eigenvalue weighted by atomic mass is 79.9. The van der Waals surface area contributed by atoms with Gasteiger partial charge in [0.25, 0.3) is 0 Å². The predicted octanol–water partition coefficient (Wildman–Crippen LogP) is 4.14. The Kier molecular flexibility index (Phi) is 4.15. The van der Waals surface area contributed by atoms with Gasteiger partial charge in [-0.1, -0.05) is 46.3 Å². The fourth-order valence-corrected chi connectivity index (χ4v) is 2.39. The summed E-state index contributed by atoms with van der Waals surface area (Å²) in [6, 6.07) is 12.7. The Morgan fingerprint density at radius 1 is 1.22 bits per heavy atom. The summed E-state index contributed by atoms with van der Waals surface area (Å²) in [5.41, 5.74) is 8.65. The summed E-state index contributed by atoms with van der Waals surface area (Å²) in [5, 5.41) is 0. The van der Waals surface area contributed by atoms with E-state index in [0.29, 0.717) is 12.0 Å². The second kappa shape index (κ2) is 5.63. The topological polar surface area (TPSA) is 26.0 Å². The van der Waals surface area contributed by atoms with Gasteiger partial charge in [-0.25, -0.2) is 4.39 Å². The maximum Gasteiger partial charge on any atom is 0.128 e. The van der Waals surface area contributed by atoms with Crippen LogP contribution < -0.4 is 5.73 Å². The van der Waals surface area contributed by atoms with Crippen molar-refractivity contribution in [2.75, 3.05) is 0 Å². The van der Waals surface area contributed by atoms with Crippen molar-refractivity contribution >= 4 is 15.9 Å². The number of aryl methyl sites for hydroxylation is 1. The van der Waals surface area contributed by atoms with Gasteiger partial charge in [-0.05, 0) is 36.6 Å². The summed E-state index contributed by atoms with van der Waals surface area (Å²) in [7, 11) is 0. The van der Waals surface area contributed by atoms with Crippen molar-refractivity contribution in [3.05, 3.63) is 69.4 Å². The van der Waals surface area contributed by atoms with Gasteiger partial charge < -0.3 is 5.73 Å². The fraction of sp³-hybridized carbons (Fsp3) is 0.200. The van der Waals surface area contributed by atoms with E-state index in [0.717, 1.165) is 15.6 Å².